The number of nitrogens with one attached hydrogen (secondary N) is 1. The summed E-state index contributed by atoms with van der Waals surface area (Å²) in [5.74, 6) is -1.25. The molecule has 0 spiro atoms. The second kappa shape index (κ2) is 10.9. The van der Waals surface area contributed by atoms with Gasteiger partial charge in [0.2, 0.25) is 5.91 Å². The van der Waals surface area contributed by atoms with Crippen LogP contribution in [0.4, 0.5) is 10.1 Å². The van der Waals surface area contributed by atoms with Crippen molar-refractivity contribution in [2.24, 2.45) is 0 Å². The molecule has 1 aliphatic rings. The summed E-state index contributed by atoms with van der Waals surface area (Å²) in [4.78, 5) is 14.9. The third kappa shape index (κ3) is 6.26. The number of halogens is 1. The maximum atomic E-state index is 14.3. The largest absolute Gasteiger partial charge is 0.379 e. The molecule has 3 rings (SSSR count). The lowest BCUT2D eigenvalue weighted by Crippen LogP contribution is -2.46. The molecule has 2 aromatic rings. The monoisotopic (exact) mass is 464 g/mol. The number of morpholine rings is 1. The highest BCUT2D eigenvalue weighted by Crippen LogP contribution is 2.22. The second-order valence-corrected chi connectivity index (χ2v) is 9.80. The first-order valence-corrected chi connectivity index (χ1v) is 11.8. The van der Waals surface area contributed by atoms with Crippen molar-refractivity contribution < 1.29 is 22.3 Å². The first-order chi connectivity index (χ1) is 15.3. The molecular formula is C22H29FN4O4S. The molecule has 2 aromatic carbocycles. The summed E-state index contributed by atoms with van der Waals surface area (Å²) in [6, 6.07) is 13.4. The van der Waals surface area contributed by atoms with Crippen molar-refractivity contribution in [3.05, 3.63) is 65.5 Å². The molecule has 0 radical (unpaired) electrons. The van der Waals surface area contributed by atoms with E-state index in [-0.39, 0.29) is 12.2 Å². The van der Waals surface area contributed by atoms with E-state index in [4.69, 9.17) is 4.74 Å². The molecule has 0 unspecified atom stereocenters. The van der Waals surface area contributed by atoms with Crippen molar-refractivity contribution >= 4 is 21.8 Å². The number of carbonyl (C=O) groups is 1. The fraction of sp³-hybridized carbons (Fsp3) is 0.409. The number of anilines is 1. The van der Waals surface area contributed by atoms with E-state index in [2.05, 4.69) is 10.2 Å². The van der Waals surface area contributed by atoms with Gasteiger partial charge in [0.15, 0.2) is 0 Å². The minimum absolute atomic E-state index is 0.177. The predicted molar refractivity (Wildman–Crippen MR) is 121 cm³/mol. The Morgan fingerprint density at radius 3 is 2.31 bits per heavy atom. The number of hydrogen-bond acceptors (Lipinski definition) is 5. The third-order valence-electron chi connectivity index (χ3n) is 5.17. The Hall–Kier alpha value is -2.53. The highest BCUT2D eigenvalue weighted by molar-refractivity contribution is 7.90. The second-order valence-electron chi connectivity index (χ2n) is 7.73. The van der Waals surface area contributed by atoms with Crippen LogP contribution >= 0.6 is 0 Å². The van der Waals surface area contributed by atoms with E-state index in [1.54, 1.807) is 0 Å². The van der Waals surface area contributed by atoms with Crippen molar-refractivity contribution in [3.63, 3.8) is 0 Å². The fourth-order valence-corrected chi connectivity index (χ4v) is 4.38. The van der Waals surface area contributed by atoms with Crippen molar-refractivity contribution in [1.29, 1.82) is 0 Å². The molecule has 1 saturated heterocycles. The maximum Gasteiger partial charge on any atom is 0.304 e. The van der Waals surface area contributed by atoms with Crippen LogP contribution in [-0.2, 0) is 32.8 Å². The number of hydrogen-bond donors (Lipinski definition) is 1. The standard InChI is InChI=1S/C22H29FN4O4S/c1-25(2)32(29,30)27(21-6-4-3-5-20(21)23)17-22(28)24-15-18-7-9-19(10-8-18)16-26-11-13-31-14-12-26/h3-10H,11-17H2,1-2H3,(H,24,28). The number of rotatable bonds is 9. The van der Waals surface area contributed by atoms with Gasteiger partial charge in [0.1, 0.15) is 12.4 Å². The zero-order valence-corrected chi connectivity index (χ0v) is 19.1. The van der Waals surface area contributed by atoms with E-state index in [9.17, 15) is 17.6 Å². The molecule has 0 aliphatic carbocycles. The van der Waals surface area contributed by atoms with Gasteiger partial charge in [-0.05, 0) is 23.3 Å². The molecule has 32 heavy (non-hydrogen) atoms. The molecule has 8 nitrogen and oxygen atoms in total. The molecule has 0 saturated carbocycles. The van der Waals surface area contributed by atoms with E-state index in [1.165, 1.54) is 37.9 Å². The van der Waals surface area contributed by atoms with Gasteiger partial charge in [-0.25, -0.2) is 8.70 Å². The number of benzene rings is 2. The Morgan fingerprint density at radius 1 is 1.06 bits per heavy atom. The molecular weight excluding hydrogens is 435 g/mol. The SMILES string of the molecule is CN(C)S(=O)(=O)N(CC(=O)NCc1ccc(CN2CCOCC2)cc1)c1ccccc1F. The molecule has 0 aromatic heterocycles. The van der Waals surface area contributed by atoms with Gasteiger partial charge in [0.25, 0.3) is 0 Å². The quantitative estimate of drug-likeness (QED) is 0.610. The molecule has 174 valence electrons. The molecule has 1 heterocycles. The molecule has 0 atom stereocenters. The Balaban J connectivity index is 1.61. The number of amides is 1. The van der Waals surface area contributed by atoms with Crippen molar-refractivity contribution in [2.45, 2.75) is 13.1 Å². The molecule has 10 heteroatoms. The zero-order valence-electron chi connectivity index (χ0n) is 18.3. The van der Waals surface area contributed by atoms with E-state index in [0.29, 0.717) is 0 Å². The summed E-state index contributed by atoms with van der Waals surface area (Å²) in [6.45, 7) is 3.86. The topological polar surface area (TPSA) is 82.2 Å². The van der Waals surface area contributed by atoms with Gasteiger partial charge in [-0.15, -0.1) is 0 Å². The van der Waals surface area contributed by atoms with Crippen molar-refractivity contribution in [2.75, 3.05) is 51.2 Å². The minimum Gasteiger partial charge on any atom is -0.379 e. The van der Waals surface area contributed by atoms with Crippen LogP contribution in [0, 0.1) is 5.82 Å². The average molecular weight is 465 g/mol. The minimum atomic E-state index is -4.06. The lowest BCUT2D eigenvalue weighted by molar-refractivity contribution is -0.119. The summed E-state index contributed by atoms with van der Waals surface area (Å²) >= 11 is 0. The third-order valence-corrected chi connectivity index (χ3v) is 6.98. The van der Waals surface area contributed by atoms with E-state index >= 15 is 0 Å². The molecule has 0 bridgehead atoms. The number of para-hydroxylation sites is 1. The van der Waals surface area contributed by atoms with E-state index in [0.717, 1.165) is 53.1 Å². The number of nitrogens with zero attached hydrogens (tertiary/aromatic N) is 3. The van der Waals surface area contributed by atoms with E-state index in [1.807, 2.05) is 24.3 Å². The van der Waals surface area contributed by atoms with Gasteiger partial charge in [-0.1, -0.05) is 36.4 Å². The number of ether oxygens (including phenoxy) is 1. The Labute approximate surface area is 188 Å². The maximum absolute atomic E-state index is 14.3. The van der Waals surface area contributed by atoms with Crippen LogP contribution in [0.5, 0.6) is 0 Å². The molecule has 1 aliphatic heterocycles. The van der Waals surface area contributed by atoms with E-state index < -0.39 is 28.5 Å². The van der Waals surface area contributed by atoms with Crippen LogP contribution in [0.15, 0.2) is 48.5 Å². The van der Waals surface area contributed by atoms with Crippen molar-refractivity contribution in [3.8, 4) is 0 Å². The van der Waals surface area contributed by atoms with Gasteiger partial charge in [-0.2, -0.15) is 12.7 Å². The fourth-order valence-electron chi connectivity index (χ4n) is 3.31. The zero-order chi connectivity index (χ0) is 23.1. The first-order valence-electron chi connectivity index (χ1n) is 10.4. The predicted octanol–water partition coefficient (Wildman–Crippen LogP) is 1.59. The summed E-state index contributed by atoms with van der Waals surface area (Å²) in [7, 11) is -1.39. The van der Waals surface area contributed by atoms with Crippen molar-refractivity contribution in [1.82, 2.24) is 14.5 Å². The van der Waals surface area contributed by atoms with Gasteiger partial charge >= 0.3 is 10.2 Å². The van der Waals surface area contributed by atoms with Gasteiger partial charge in [-0.3, -0.25) is 9.69 Å². The molecule has 1 N–H and O–H groups in total. The normalized spacial score (nSPS) is 15.0. The average Bonchev–Trinajstić information content (AvgIpc) is 2.78. The van der Waals surface area contributed by atoms with Gasteiger partial charge in [0, 0.05) is 40.3 Å². The molecule has 1 amide bonds. The summed E-state index contributed by atoms with van der Waals surface area (Å²) in [5.41, 5.74) is 1.88. The summed E-state index contributed by atoms with van der Waals surface area (Å²) in [5, 5.41) is 2.72. The number of carbonyl (C=O) groups excluding carboxylic acids is 1. The lowest BCUT2D eigenvalue weighted by Gasteiger charge is -2.27. The molecule has 1 fully saturated rings. The smallest absolute Gasteiger partial charge is 0.304 e. The van der Waals surface area contributed by atoms with Gasteiger partial charge in [0.05, 0.1) is 18.9 Å². The Bertz CT molecular complexity index is 1010. The van der Waals surface area contributed by atoms with Crippen LogP contribution in [-0.4, -0.2) is 70.5 Å². The Morgan fingerprint density at radius 2 is 1.69 bits per heavy atom. The Kier molecular flexibility index (Phi) is 8.19. The van der Waals surface area contributed by atoms with Crippen LogP contribution in [0.1, 0.15) is 11.1 Å². The van der Waals surface area contributed by atoms with Crippen LogP contribution < -0.4 is 9.62 Å². The summed E-state index contributed by atoms with van der Waals surface area (Å²) in [6.07, 6.45) is 0. The lowest BCUT2D eigenvalue weighted by atomic mass is 10.1. The highest BCUT2D eigenvalue weighted by Gasteiger charge is 2.29. The van der Waals surface area contributed by atoms with Crippen LogP contribution in [0.3, 0.4) is 0 Å². The van der Waals surface area contributed by atoms with Crippen LogP contribution in [0.2, 0.25) is 0 Å². The summed E-state index contributed by atoms with van der Waals surface area (Å²) < 4.78 is 46.7. The highest BCUT2D eigenvalue weighted by atomic mass is 32.2. The van der Waals surface area contributed by atoms with Gasteiger partial charge < -0.3 is 10.1 Å². The van der Waals surface area contributed by atoms with Crippen LogP contribution in [0.25, 0.3) is 0 Å². The first kappa shape index (κ1) is 24.1.